The lowest BCUT2D eigenvalue weighted by Gasteiger charge is -2.37. The molecule has 2 N–H and O–H groups in total. The van der Waals surface area contributed by atoms with Crippen molar-refractivity contribution in [2.75, 3.05) is 41.7 Å². The summed E-state index contributed by atoms with van der Waals surface area (Å²) in [7, 11) is 0. The highest BCUT2D eigenvalue weighted by atomic mass is 19.4. The topological polar surface area (TPSA) is 128 Å². The molecule has 2 aliphatic rings. The first-order valence-corrected chi connectivity index (χ1v) is 15.8. The summed E-state index contributed by atoms with van der Waals surface area (Å²) >= 11 is 0. The van der Waals surface area contributed by atoms with Crippen LogP contribution in [0.25, 0.3) is 11.3 Å². The molecule has 0 bridgehead atoms. The van der Waals surface area contributed by atoms with Gasteiger partial charge in [0.2, 0.25) is 0 Å². The van der Waals surface area contributed by atoms with Gasteiger partial charge in [-0.15, -0.1) is 0 Å². The second-order valence-corrected chi connectivity index (χ2v) is 13.0. The number of alkyl halides is 3. The first-order valence-electron chi connectivity index (χ1n) is 15.8. The molecule has 2 aromatic heterocycles. The standard InChI is InChI=1S/C35H35F3N8O3/c1-21-17-23(5-7-26(21)32(47)42-29-19-24(9-11-40-29)35(36,37)38)30-27(20-39)31-41-28-8-6-25(18-22(28)10-12-46(31)43-30)44-13-15-45(16-14-44)33(48)49-34(2,3)4/h5-9,11,17-19,41H,10,12-16H2,1-4H3,(H,40,42,47). The number of anilines is 4. The van der Waals surface area contributed by atoms with Crippen LogP contribution < -0.4 is 15.5 Å². The average molecular weight is 673 g/mol. The number of ether oxygens (including phenoxy) is 1. The molecule has 11 nitrogen and oxygen atoms in total. The fourth-order valence-corrected chi connectivity index (χ4v) is 5.92. The Balaban J connectivity index is 1.17. The molecular weight excluding hydrogens is 637 g/mol. The summed E-state index contributed by atoms with van der Waals surface area (Å²) in [4.78, 5) is 33.3. The zero-order chi connectivity index (χ0) is 35.1. The maximum atomic E-state index is 13.1. The molecule has 0 unspecified atom stereocenters. The maximum Gasteiger partial charge on any atom is 0.416 e. The summed E-state index contributed by atoms with van der Waals surface area (Å²) in [6, 6.07) is 15.0. The van der Waals surface area contributed by atoms with Crippen LogP contribution in [0.3, 0.4) is 0 Å². The molecule has 0 aliphatic carbocycles. The molecular formula is C35H35F3N8O3. The second-order valence-electron chi connectivity index (χ2n) is 13.0. The van der Waals surface area contributed by atoms with Gasteiger partial charge >= 0.3 is 12.3 Å². The first-order chi connectivity index (χ1) is 23.2. The number of carbonyl (C=O) groups excluding carboxylic acids is 2. The number of benzene rings is 2. The van der Waals surface area contributed by atoms with Gasteiger partial charge in [-0.05, 0) is 87.7 Å². The summed E-state index contributed by atoms with van der Waals surface area (Å²) < 4.78 is 46.6. The van der Waals surface area contributed by atoms with Gasteiger partial charge in [0, 0.05) is 61.4 Å². The SMILES string of the molecule is Cc1cc(-c2nn3c(c2C#N)Nc2ccc(N4CCN(C(=O)OC(C)(C)C)CC4)cc2CC3)ccc1C(=O)Nc1cc(C(F)(F)F)ccn1. The Labute approximate surface area is 281 Å². The summed E-state index contributed by atoms with van der Waals surface area (Å²) in [5.41, 5.74) is 3.73. The average Bonchev–Trinajstić information content (AvgIpc) is 3.29. The highest BCUT2D eigenvalue weighted by molar-refractivity contribution is 6.05. The van der Waals surface area contributed by atoms with Crippen molar-refractivity contribution in [1.82, 2.24) is 19.7 Å². The summed E-state index contributed by atoms with van der Waals surface area (Å²) in [6.07, 6.45) is -3.22. The van der Waals surface area contributed by atoms with E-state index in [1.54, 1.807) is 34.7 Å². The molecule has 1 saturated heterocycles. The summed E-state index contributed by atoms with van der Waals surface area (Å²) in [5.74, 6) is -0.267. The van der Waals surface area contributed by atoms with Gasteiger partial charge in [-0.25, -0.2) is 14.5 Å². The van der Waals surface area contributed by atoms with Crippen LogP contribution >= 0.6 is 0 Å². The van der Waals surface area contributed by atoms with Crippen LogP contribution in [0.4, 0.5) is 41.0 Å². The molecule has 6 rings (SSSR count). The van der Waals surface area contributed by atoms with E-state index in [1.165, 1.54) is 0 Å². The van der Waals surface area contributed by atoms with Crippen molar-refractivity contribution >= 4 is 35.0 Å². The quantitative estimate of drug-likeness (QED) is 0.244. The molecule has 0 atom stereocenters. The Morgan fingerprint density at radius 3 is 2.43 bits per heavy atom. The van der Waals surface area contributed by atoms with E-state index in [1.807, 2.05) is 32.9 Å². The Bertz CT molecular complexity index is 1970. The smallest absolute Gasteiger partial charge is 0.416 e. The Morgan fingerprint density at radius 2 is 1.76 bits per heavy atom. The molecule has 1 fully saturated rings. The molecule has 2 amide bonds. The van der Waals surface area contributed by atoms with E-state index in [0.29, 0.717) is 67.3 Å². The van der Waals surface area contributed by atoms with E-state index in [9.17, 15) is 28.0 Å². The third-order valence-electron chi connectivity index (χ3n) is 8.37. The second kappa shape index (κ2) is 12.8. The fourth-order valence-electron chi connectivity index (χ4n) is 5.92. The number of nitrogens with zero attached hydrogens (tertiary/aromatic N) is 6. The highest BCUT2D eigenvalue weighted by Gasteiger charge is 2.31. The minimum Gasteiger partial charge on any atom is -0.444 e. The number of aromatic nitrogens is 3. The molecule has 2 aliphatic heterocycles. The third-order valence-corrected chi connectivity index (χ3v) is 8.37. The van der Waals surface area contributed by atoms with Crippen LogP contribution in [-0.2, 0) is 23.9 Å². The van der Waals surface area contributed by atoms with Crippen LogP contribution in [0.1, 0.15) is 53.4 Å². The van der Waals surface area contributed by atoms with Crippen molar-refractivity contribution in [3.63, 3.8) is 0 Å². The largest absolute Gasteiger partial charge is 0.444 e. The van der Waals surface area contributed by atoms with Crippen LogP contribution in [0.15, 0.2) is 54.7 Å². The van der Waals surface area contributed by atoms with E-state index >= 15 is 0 Å². The van der Waals surface area contributed by atoms with Crippen molar-refractivity contribution in [1.29, 1.82) is 5.26 Å². The van der Waals surface area contributed by atoms with Crippen molar-refractivity contribution in [3.8, 4) is 17.3 Å². The van der Waals surface area contributed by atoms with Gasteiger partial charge in [-0.2, -0.15) is 23.5 Å². The number of rotatable bonds is 4. The number of hydrogen-bond donors (Lipinski definition) is 2. The Hall–Kier alpha value is -5.58. The van der Waals surface area contributed by atoms with Crippen molar-refractivity contribution < 1.29 is 27.5 Å². The number of pyridine rings is 1. The predicted octanol–water partition coefficient (Wildman–Crippen LogP) is 6.75. The number of fused-ring (bicyclic) bond motifs is 2. The Morgan fingerprint density at radius 1 is 1.00 bits per heavy atom. The predicted molar refractivity (Wildman–Crippen MR) is 178 cm³/mol. The van der Waals surface area contributed by atoms with Crippen LogP contribution in [0, 0.1) is 18.3 Å². The number of nitrogens with one attached hydrogen (secondary N) is 2. The van der Waals surface area contributed by atoms with Crippen LogP contribution in [0.2, 0.25) is 0 Å². The highest BCUT2D eigenvalue weighted by Crippen LogP contribution is 2.36. The van der Waals surface area contributed by atoms with E-state index in [0.717, 1.165) is 35.3 Å². The van der Waals surface area contributed by atoms with Crippen molar-refractivity contribution in [3.05, 3.63) is 82.5 Å². The van der Waals surface area contributed by atoms with Gasteiger partial charge in [-0.3, -0.25) is 4.79 Å². The summed E-state index contributed by atoms with van der Waals surface area (Å²) in [5, 5.41) is 20.8. The van der Waals surface area contributed by atoms with Gasteiger partial charge in [-0.1, -0.05) is 6.07 Å². The monoisotopic (exact) mass is 672 g/mol. The van der Waals surface area contributed by atoms with Crippen LogP contribution in [0.5, 0.6) is 0 Å². The minimum atomic E-state index is -4.57. The number of hydrogen-bond acceptors (Lipinski definition) is 8. The van der Waals surface area contributed by atoms with Crippen molar-refractivity contribution in [2.24, 2.45) is 0 Å². The molecule has 4 aromatic rings. The van der Waals surface area contributed by atoms with Crippen molar-refractivity contribution in [2.45, 2.75) is 52.4 Å². The molecule has 0 spiro atoms. The van der Waals surface area contributed by atoms with E-state index in [2.05, 4.69) is 32.7 Å². The number of halogens is 3. The molecule has 49 heavy (non-hydrogen) atoms. The minimum absolute atomic E-state index is 0.216. The zero-order valence-corrected chi connectivity index (χ0v) is 27.5. The van der Waals surface area contributed by atoms with Gasteiger partial charge in [0.25, 0.3) is 5.91 Å². The lowest BCUT2D eigenvalue weighted by atomic mass is 10.0. The summed E-state index contributed by atoms with van der Waals surface area (Å²) in [6.45, 7) is 10.3. The van der Waals surface area contributed by atoms with Crippen LogP contribution in [-0.4, -0.2) is 63.4 Å². The molecule has 2 aromatic carbocycles. The number of carbonyl (C=O) groups is 2. The number of piperazine rings is 1. The third kappa shape index (κ3) is 7.15. The number of aryl methyl sites for hydroxylation is 3. The lowest BCUT2D eigenvalue weighted by molar-refractivity contribution is -0.137. The Kier molecular flexibility index (Phi) is 8.70. The zero-order valence-electron chi connectivity index (χ0n) is 27.5. The van der Waals surface area contributed by atoms with Gasteiger partial charge in [0.1, 0.15) is 34.6 Å². The fraction of sp³-hybridized carbons (Fsp3) is 0.343. The van der Waals surface area contributed by atoms with Gasteiger partial charge in [0.15, 0.2) is 0 Å². The molecule has 14 heteroatoms. The van der Waals surface area contributed by atoms with E-state index in [4.69, 9.17) is 9.84 Å². The maximum absolute atomic E-state index is 13.1. The van der Waals surface area contributed by atoms with E-state index < -0.39 is 23.2 Å². The van der Waals surface area contributed by atoms with Gasteiger partial charge < -0.3 is 25.2 Å². The molecule has 0 radical (unpaired) electrons. The molecule has 254 valence electrons. The number of amides is 2. The lowest BCUT2D eigenvalue weighted by Crippen LogP contribution is -2.50. The molecule has 4 heterocycles. The van der Waals surface area contributed by atoms with E-state index in [-0.39, 0.29) is 17.5 Å². The van der Waals surface area contributed by atoms with Gasteiger partial charge in [0.05, 0.1) is 5.56 Å². The normalized spacial score (nSPS) is 14.6. The molecule has 0 saturated carbocycles. The number of nitriles is 1. The first kappa shape index (κ1) is 33.3.